The van der Waals surface area contributed by atoms with Crippen molar-refractivity contribution in [3.63, 3.8) is 0 Å². The Labute approximate surface area is 193 Å². The van der Waals surface area contributed by atoms with Crippen LogP contribution >= 0.6 is 0 Å². The summed E-state index contributed by atoms with van der Waals surface area (Å²) in [5, 5.41) is 2.76. The fraction of sp³-hybridized carbons (Fsp3) is 0.417. The highest BCUT2D eigenvalue weighted by Gasteiger charge is 2.21. The Bertz CT molecular complexity index is 988. The number of nitrogens with two attached hydrogens (primary N) is 1. The largest absolute Gasteiger partial charge is 0.492 e. The van der Waals surface area contributed by atoms with Crippen molar-refractivity contribution in [2.45, 2.75) is 20.8 Å². The van der Waals surface area contributed by atoms with Gasteiger partial charge in [0.1, 0.15) is 11.5 Å². The highest BCUT2D eigenvalue weighted by molar-refractivity contribution is 5.99. The van der Waals surface area contributed by atoms with Gasteiger partial charge in [0.25, 0.3) is 5.91 Å². The van der Waals surface area contributed by atoms with E-state index in [2.05, 4.69) is 10.2 Å². The van der Waals surface area contributed by atoms with Gasteiger partial charge < -0.3 is 34.9 Å². The minimum absolute atomic E-state index is 0.228. The molecule has 1 fully saturated rings. The summed E-state index contributed by atoms with van der Waals surface area (Å²) < 4.78 is 22.2. The maximum atomic E-state index is 12.6. The first-order valence-electron chi connectivity index (χ1n) is 11.0. The van der Waals surface area contributed by atoms with E-state index in [4.69, 9.17) is 24.7 Å². The topological polar surface area (TPSA) is 112 Å². The molecular weight excluding hydrogens is 426 g/mol. The van der Waals surface area contributed by atoms with Crippen LogP contribution in [-0.2, 0) is 14.3 Å². The highest BCUT2D eigenvalue weighted by atomic mass is 16.5. The van der Waals surface area contributed by atoms with Crippen LogP contribution in [0.25, 0.3) is 0 Å². The van der Waals surface area contributed by atoms with E-state index in [-0.39, 0.29) is 5.56 Å². The molecule has 1 saturated heterocycles. The zero-order valence-electron chi connectivity index (χ0n) is 19.3. The second-order valence-corrected chi connectivity index (χ2v) is 7.44. The molecule has 9 heteroatoms. The molecule has 0 saturated carbocycles. The number of carbonyl (C=O) groups is 2. The number of ether oxygens (including phenoxy) is 4. The van der Waals surface area contributed by atoms with Gasteiger partial charge in [-0.1, -0.05) is 12.1 Å². The Balaban J connectivity index is 1.75. The van der Waals surface area contributed by atoms with Crippen molar-refractivity contribution in [3.05, 3.63) is 41.5 Å². The molecule has 0 spiro atoms. The van der Waals surface area contributed by atoms with Crippen LogP contribution in [0.15, 0.2) is 30.3 Å². The molecule has 0 unspecified atom stereocenters. The number of benzene rings is 2. The molecule has 2 aromatic carbocycles. The summed E-state index contributed by atoms with van der Waals surface area (Å²) in [6.45, 7) is 8.70. The van der Waals surface area contributed by atoms with Gasteiger partial charge in [-0.2, -0.15) is 0 Å². The molecule has 9 nitrogen and oxygen atoms in total. The predicted octanol–water partition coefficient (Wildman–Crippen LogP) is 3.01. The van der Waals surface area contributed by atoms with Gasteiger partial charge in [-0.25, -0.2) is 4.79 Å². The number of nitrogen functional groups attached to an aromatic ring is 1. The molecule has 0 bridgehead atoms. The second-order valence-electron chi connectivity index (χ2n) is 7.44. The van der Waals surface area contributed by atoms with E-state index in [9.17, 15) is 9.59 Å². The number of rotatable bonds is 9. The normalized spacial score (nSPS) is 13.4. The molecular formula is C24H31N3O6. The monoisotopic (exact) mass is 457 g/mol. The molecule has 3 rings (SSSR count). The molecule has 1 amide bonds. The van der Waals surface area contributed by atoms with Crippen LogP contribution in [0.3, 0.4) is 0 Å². The first-order chi connectivity index (χ1) is 15.9. The third-order valence-electron chi connectivity index (χ3n) is 5.17. The first kappa shape index (κ1) is 24.2. The molecule has 0 radical (unpaired) electrons. The van der Waals surface area contributed by atoms with Crippen molar-refractivity contribution in [1.82, 2.24) is 0 Å². The Hall–Kier alpha value is -3.46. The maximum Gasteiger partial charge on any atom is 0.340 e. The molecule has 0 aliphatic carbocycles. The summed E-state index contributed by atoms with van der Waals surface area (Å²) in [5.74, 6) is -0.0288. The lowest BCUT2D eigenvalue weighted by molar-refractivity contribution is -0.119. The zero-order chi connectivity index (χ0) is 23.8. The molecule has 1 aliphatic rings. The highest BCUT2D eigenvalue weighted by Crippen LogP contribution is 2.39. The number of esters is 1. The van der Waals surface area contributed by atoms with Crippen LogP contribution in [0.1, 0.15) is 29.8 Å². The fourth-order valence-corrected chi connectivity index (χ4v) is 3.50. The van der Waals surface area contributed by atoms with E-state index in [0.717, 1.165) is 24.3 Å². The van der Waals surface area contributed by atoms with Gasteiger partial charge in [0.15, 0.2) is 6.61 Å². The molecule has 0 aromatic heterocycles. The van der Waals surface area contributed by atoms with E-state index in [1.165, 1.54) is 0 Å². The average Bonchev–Trinajstić information content (AvgIpc) is 2.81. The Kier molecular flexibility index (Phi) is 8.37. The van der Waals surface area contributed by atoms with Crippen molar-refractivity contribution < 1.29 is 28.5 Å². The molecule has 2 aromatic rings. The number of amides is 1. The van der Waals surface area contributed by atoms with Gasteiger partial charge in [0, 0.05) is 30.9 Å². The Morgan fingerprint density at radius 2 is 1.79 bits per heavy atom. The van der Waals surface area contributed by atoms with Crippen LogP contribution in [0.2, 0.25) is 0 Å². The number of nitrogens with one attached hydrogen (secondary N) is 1. The van der Waals surface area contributed by atoms with Crippen LogP contribution < -0.4 is 25.4 Å². The van der Waals surface area contributed by atoms with Crippen LogP contribution in [0.4, 0.5) is 17.1 Å². The van der Waals surface area contributed by atoms with Crippen molar-refractivity contribution in [2.75, 3.05) is 62.1 Å². The van der Waals surface area contributed by atoms with E-state index < -0.39 is 18.5 Å². The summed E-state index contributed by atoms with van der Waals surface area (Å²) in [5.41, 5.74) is 8.59. The maximum absolute atomic E-state index is 12.6. The van der Waals surface area contributed by atoms with Crippen molar-refractivity contribution in [1.29, 1.82) is 0 Å². The van der Waals surface area contributed by atoms with Crippen molar-refractivity contribution in [3.8, 4) is 11.5 Å². The lowest BCUT2D eigenvalue weighted by Crippen LogP contribution is -2.36. The van der Waals surface area contributed by atoms with Gasteiger partial charge >= 0.3 is 5.97 Å². The summed E-state index contributed by atoms with van der Waals surface area (Å²) in [7, 11) is 0. The first-order valence-corrected chi connectivity index (χ1v) is 11.0. The summed E-state index contributed by atoms with van der Waals surface area (Å²) in [6, 6.07) is 8.66. The average molecular weight is 458 g/mol. The van der Waals surface area contributed by atoms with Crippen LogP contribution in [0, 0.1) is 6.92 Å². The predicted molar refractivity (Wildman–Crippen MR) is 126 cm³/mol. The van der Waals surface area contributed by atoms with E-state index >= 15 is 0 Å². The minimum Gasteiger partial charge on any atom is -0.492 e. The number of morpholine rings is 1. The summed E-state index contributed by atoms with van der Waals surface area (Å²) >= 11 is 0. The van der Waals surface area contributed by atoms with E-state index in [1.807, 2.05) is 19.9 Å². The van der Waals surface area contributed by atoms with E-state index in [1.54, 1.807) is 31.2 Å². The SMILES string of the molecule is CCOc1cc(N2CCOCC2)c(OCC)cc1NC(=O)COC(=O)c1cccc(C)c1N. The molecule has 1 aliphatic heterocycles. The smallest absolute Gasteiger partial charge is 0.340 e. The number of aryl methyl sites for hydroxylation is 1. The van der Waals surface area contributed by atoms with Crippen LogP contribution in [0.5, 0.6) is 11.5 Å². The van der Waals surface area contributed by atoms with Gasteiger partial charge in [-0.05, 0) is 32.4 Å². The number of carbonyl (C=O) groups excluding carboxylic acids is 2. The van der Waals surface area contributed by atoms with Gasteiger partial charge in [-0.3, -0.25) is 4.79 Å². The number of hydrogen-bond donors (Lipinski definition) is 2. The number of hydrogen-bond acceptors (Lipinski definition) is 8. The molecule has 178 valence electrons. The van der Waals surface area contributed by atoms with Gasteiger partial charge in [0.05, 0.1) is 43.4 Å². The lowest BCUT2D eigenvalue weighted by Gasteiger charge is -2.31. The molecule has 33 heavy (non-hydrogen) atoms. The molecule has 0 atom stereocenters. The minimum atomic E-state index is -0.658. The van der Waals surface area contributed by atoms with Gasteiger partial charge in [0.2, 0.25) is 0 Å². The number of nitrogens with zero attached hydrogens (tertiary/aromatic N) is 1. The lowest BCUT2D eigenvalue weighted by atomic mass is 10.1. The second kappa shape index (κ2) is 11.4. The molecule has 1 heterocycles. The Morgan fingerprint density at radius 3 is 2.48 bits per heavy atom. The summed E-state index contributed by atoms with van der Waals surface area (Å²) in [6.07, 6.45) is 0. The van der Waals surface area contributed by atoms with Crippen molar-refractivity contribution >= 4 is 28.9 Å². The standard InChI is InChI=1S/C24H31N3O6/c1-4-31-20-14-19(27-9-11-30-12-10-27)21(32-5-2)13-18(20)26-22(28)15-33-24(29)17-8-6-7-16(3)23(17)25/h6-8,13-14H,4-5,9-12,15,25H2,1-3H3,(H,26,28). The molecule has 3 N–H and O–H groups in total. The summed E-state index contributed by atoms with van der Waals surface area (Å²) in [4.78, 5) is 27.1. The quantitative estimate of drug-likeness (QED) is 0.437. The Morgan fingerprint density at radius 1 is 1.09 bits per heavy atom. The third kappa shape index (κ3) is 6.07. The number of anilines is 3. The fourth-order valence-electron chi connectivity index (χ4n) is 3.50. The third-order valence-corrected chi connectivity index (χ3v) is 5.17. The number of para-hydroxylation sites is 1. The van der Waals surface area contributed by atoms with Crippen molar-refractivity contribution in [2.24, 2.45) is 0 Å². The van der Waals surface area contributed by atoms with Crippen LogP contribution in [-0.4, -0.2) is 58.0 Å². The van der Waals surface area contributed by atoms with Gasteiger partial charge in [-0.15, -0.1) is 0 Å². The zero-order valence-corrected chi connectivity index (χ0v) is 19.3. The van der Waals surface area contributed by atoms with E-state index in [0.29, 0.717) is 49.3 Å².